The van der Waals surface area contributed by atoms with Gasteiger partial charge in [-0.25, -0.2) is 4.79 Å². The third-order valence-corrected chi connectivity index (χ3v) is 4.99. The van der Waals surface area contributed by atoms with Crippen LogP contribution < -0.4 is 5.32 Å². The first kappa shape index (κ1) is 21.3. The number of halogens is 1. The summed E-state index contributed by atoms with van der Waals surface area (Å²) in [7, 11) is 0. The number of carbonyl (C=O) groups is 2. The molecule has 0 radical (unpaired) electrons. The van der Waals surface area contributed by atoms with Crippen LogP contribution in [0.1, 0.15) is 16.1 Å². The minimum absolute atomic E-state index is 0.0489. The molecule has 0 bridgehead atoms. The number of benzene rings is 2. The van der Waals surface area contributed by atoms with Crippen LogP contribution in [0.25, 0.3) is 0 Å². The average Bonchev–Trinajstić information content (AvgIpc) is 3.12. The molecule has 0 atom stereocenters. The van der Waals surface area contributed by atoms with E-state index in [1.165, 1.54) is 18.2 Å². The van der Waals surface area contributed by atoms with E-state index in [1.54, 1.807) is 31.2 Å². The number of nitro groups is 1. The zero-order chi connectivity index (χ0) is 21.7. The van der Waals surface area contributed by atoms with Gasteiger partial charge in [0.2, 0.25) is 0 Å². The number of rotatable bonds is 7. The second-order valence-corrected chi connectivity index (χ2v) is 7.49. The molecule has 154 valence electrons. The van der Waals surface area contributed by atoms with E-state index in [-0.39, 0.29) is 17.1 Å². The Morgan fingerprint density at radius 2 is 1.97 bits per heavy atom. The van der Waals surface area contributed by atoms with Gasteiger partial charge in [-0.2, -0.15) is 0 Å². The quantitative estimate of drug-likeness (QED) is 0.319. The van der Waals surface area contributed by atoms with Gasteiger partial charge in [-0.3, -0.25) is 14.9 Å². The van der Waals surface area contributed by atoms with Crippen LogP contribution >= 0.6 is 23.4 Å². The van der Waals surface area contributed by atoms with Crippen molar-refractivity contribution in [3.63, 3.8) is 0 Å². The minimum Gasteiger partial charge on any atom is -0.452 e. The number of nitro benzene ring substituents is 1. The number of nitrogens with one attached hydrogen (secondary N) is 1. The van der Waals surface area contributed by atoms with E-state index >= 15 is 0 Å². The van der Waals surface area contributed by atoms with Crippen LogP contribution in [0.5, 0.6) is 0 Å². The van der Waals surface area contributed by atoms with Crippen molar-refractivity contribution in [2.75, 3.05) is 11.9 Å². The Hall–Kier alpha value is -3.37. The number of esters is 1. The normalized spacial score (nSPS) is 10.5. The van der Waals surface area contributed by atoms with E-state index in [2.05, 4.69) is 10.5 Å². The van der Waals surface area contributed by atoms with E-state index in [0.29, 0.717) is 15.7 Å². The van der Waals surface area contributed by atoms with Gasteiger partial charge in [0.05, 0.1) is 15.4 Å². The molecule has 0 aliphatic carbocycles. The first-order chi connectivity index (χ1) is 14.3. The maximum Gasteiger partial charge on any atom is 0.338 e. The second-order valence-electron chi connectivity index (χ2n) is 5.94. The van der Waals surface area contributed by atoms with E-state index < -0.39 is 23.4 Å². The first-order valence-electron chi connectivity index (χ1n) is 8.44. The Morgan fingerprint density at radius 1 is 1.23 bits per heavy atom. The fourth-order valence-corrected chi connectivity index (χ4v) is 3.35. The summed E-state index contributed by atoms with van der Waals surface area (Å²) in [5.41, 5.74) is -0.306. The Kier molecular flexibility index (Phi) is 6.70. The van der Waals surface area contributed by atoms with Crippen LogP contribution in [0.3, 0.4) is 0 Å². The van der Waals surface area contributed by atoms with Gasteiger partial charge in [0.25, 0.3) is 11.6 Å². The van der Waals surface area contributed by atoms with Gasteiger partial charge in [0.1, 0.15) is 5.76 Å². The highest BCUT2D eigenvalue weighted by molar-refractivity contribution is 7.99. The zero-order valence-electron chi connectivity index (χ0n) is 15.5. The summed E-state index contributed by atoms with van der Waals surface area (Å²) in [5.74, 6) is -0.799. The van der Waals surface area contributed by atoms with Gasteiger partial charge in [-0.05, 0) is 43.3 Å². The van der Waals surface area contributed by atoms with Crippen molar-refractivity contribution in [1.29, 1.82) is 0 Å². The topological polar surface area (TPSA) is 125 Å². The molecule has 11 heteroatoms. The number of amides is 1. The van der Waals surface area contributed by atoms with Gasteiger partial charge in [-0.1, -0.05) is 28.5 Å². The van der Waals surface area contributed by atoms with Crippen molar-refractivity contribution < 1.29 is 23.8 Å². The number of aryl methyl sites for hydroxylation is 1. The highest BCUT2D eigenvalue weighted by Crippen LogP contribution is 2.35. The SMILES string of the molecule is Cc1cc(NC(=O)COC(=O)c2ccc(Sc3ccc(Cl)cc3)c([N+](=O)[O-])c2)no1. The predicted octanol–water partition coefficient (Wildman–Crippen LogP) is 4.49. The molecule has 0 unspecified atom stereocenters. The number of hydrogen-bond donors (Lipinski definition) is 1. The number of nitrogens with zero attached hydrogens (tertiary/aromatic N) is 2. The predicted molar refractivity (Wildman–Crippen MR) is 109 cm³/mol. The van der Waals surface area contributed by atoms with Gasteiger partial charge >= 0.3 is 5.97 Å². The number of aromatic nitrogens is 1. The fraction of sp³-hybridized carbons (Fsp3) is 0.105. The molecule has 30 heavy (non-hydrogen) atoms. The Morgan fingerprint density at radius 3 is 2.60 bits per heavy atom. The lowest BCUT2D eigenvalue weighted by Crippen LogP contribution is -2.21. The van der Waals surface area contributed by atoms with E-state index in [0.717, 1.165) is 22.7 Å². The molecule has 3 aromatic rings. The maximum absolute atomic E-state index is 12.2. The van der Waals surface area contributed by atoms with Crippen molar-refractivity contribution in [3.05, 3.63) is 75.0 Å². The summed E-state index contributed by atoms with van der Waals surface area (Å²) in [4.78, 5) is 36.0. The molecular formula is C19H14ClN3O6S. The van der Waals surface area contributed by atoms with Crippen molar-refractivity contribution in [3.8, 4) is 0 Å². The molecule has 1 amide bonds. The Labute approximate surface area is 179 Å². The lowest BCUT2D eigenvalue weighted by Gasteiger charge is -2.07. The standard InChI is InChI=1S/C19H14ClN3O6S/c1-11-8-17(22-29-11)21-18(24)10-28-19(25)12-2-7-16(15(9-12)23(26)27)30-14-5-3-13(20)4-6-14/h2-9H,10H2,1H3,(H,21,22,24). The van der Waals surface area contributed by atoms with E-state index in [1.807, 2.05) is 0 Å². The van der Waals surface area contributed by atoms with Gasteiger partial charge in [0, 0.05) is 22.1 Å². The summed E-state index contributed by atoms with van der Waals surface area (Å²) < 4.78 is 9.73. The molecular weight excluding hydrogens is 434 g/mol. The molecule has 9 nitrogen and oxygen atoms in total. The molecule has 0 fully saturated rings. The molecule has 3 rings (SSSR count). The van der Waals surface area contributed by atoms with Crippen LogP contribution in [0.2, 0.25) is 5.02 Å². The number of carbonyl (C=O) groups excluding carboxylic acids is 2. The molecule has 0 saturated heterocycles. The van der Waals surface area contributed by atoms with Crippen molar-refractivity contribution in [2.24, 2.45) is 0 Å². The molecule has 1 aromatic heterocycles. The van der Waals surface area contributed by atoms with Gasteiger partial charge in [0.15, 0.2) is 12.4 Å². The highest BCUT2D eigenvalue weighted by Gasteiger charge is 2.20. The highest BCUT2D eigenvalue weighted by atomic mass is 35.5. The summed E-state index contributed by atoms with van der Waals surface area (Å²) in [6.45, 7) is 1.07. The second kappa shape index (κ2) is 9.42. The van der Waals surface area contributed by atoms with E-state index in [4.69, 9.17) is 20.9 Å². The van der Waals surface area contributed by atoms with Crippen LogP contribution in [0.4, 0.5) is 11.5 Å². The third-order valence-electron chi connectivity index (χ3n) is 3.66. The number of anilines is 1. The molecule has 0 aliphatic heterocycles. The van der Waals surface area contributed by atoms with Crippen LogP contribution in [0, 0.1) is 17.0 Å². The summed E-state index contributed by atoms with van der Waals surface area (Å²) in [6, 6.07) is 12.3. The third kappa shape index (κ3) is 5.58. The smallest absolute Gasteiger partial charge is 0.338 e. The van der Waals surface area contributed by atoms with Crippen LogP contribution in [-0.2, 0) is 9.53 Å². The molecule has 0 saturated carbocycles. The zero-order valence-corrected chi connectivity index (χ0v) is 17.0. The van der Waals surface area contributed by atoms with Crippen LogP contribution in [0.15, 0.2) is 62.8 Å². The first-order valence-corrected chi connectivity index (χ1v) is 9.63. The fourth-order valence-electron chi connectivity index (χ4n) is 2.32. The van der Waals surface area contributed by atoms with Crippen molar-refractivity contribution in [1.82, 2.24) is 5.16 Å². The van der Waals surface area contributed by atoms with Crippen molar-refractivity contribution in [2.45, 2.75) is 16.7 Å². The minimum atomic E-state index is -0.868. The molecule has 2 aromatic carbocycles. The maximum atomic E-state index is 12.2. The Bertz CT molecular complexity index is 1100. The summed E-state index contributed by atoms with van der Waals surface area (Å²) in [6.07, 6.45) is 0. The summed E-state index contributed by atoms with van der Waals surface area (Å²) in [5, 5.41) is 18.0. The van der Waals surface area contributed by atoms with Crippen LogP contribution in [-0.4, -0.2) is 28.6 Å². The average molecular weight is 448 g/mol. The van der Waals surface area contributed by atoms with Gasteiger partial charge < -0.3 is 14.6 Å². The number of hydrogen-bond acceptors (Lipinski definition) is 8. The Balaban J connectivity index is 1.67. The van der Waals surface area contributed by atoms with Crippen molar-refractivity contribution >= 4 is 46.7 Å². The lowest BCUT2D eigenvalue weighted by molar-refractivity contribution is -0.387. The van der Waals surface area contributed by atoms with Gasteiger partial charge in [-0.15, -0.1) is 0 Å². The number of ether oxygens (including phenoxy) is 1. The monoisotopic (exact) mass is 447 g/mol. The molecule has 1 N–H and O–H groups in total. The molecule has 0 spiro atoms. The molecule has 0 aliphatic rings. The lowest BCUT2D eigenvalue weighted by atomic mass is 10.2. The summed E-state index contributed by atoms with van der Waals surface area (Å²) >= 11 is 7.01. The molecule has 1 heterocycles. The van der Waals surface area contributed by atoms with E-state index in [9.17, 15) is 19.7 Å². The largest absolute Gasteiger partial charge is 0.452 e.